The maximum atomic E-state index is 6.03. The van der Waals surface area contributed by atoms with Gasteiger partial charge in [-0.15, -0.1) is 0 Å². The molecule has 1 aliphatic rings. The van der Waals surface area contributed by atoms with Gasteiger partial charge >= 0.3 is 0 Å². The van der Waals surface area contributed by atoms with Crippen LogP contribution < -0.4 is 5.32 Å². The first-order valence-corrected chi connectivity index (χ1v) is 7.48. The second-order valence-corrected chi connectivity index (χ2v) is 6.42. The molecule has 1 nitrogen and oxygen atoms in total. The largest absolute Gasteiger partial charge is 0.316 e. The molecule has 1 saturated carbocycles. The molecular formula is C16H24ClN. The summed E-state index contributed by atoms with van der Waals surface area (Å²) in [5.41, 5.74) is 1.39. The lowest BCUT2D eigenvalue weighted by Crippen LogP contribution is -2.37. The number of hydrogen-bond acceptors (Lipinski definition) is 1. The van der Waals surface area contributed by atoms with Crippen LogP contribution in [0.5, 0.6) is 0 Å². The van der Waals surface area contributed by atoms with E-state index in [-0.39, 0.29) is 0 Å². The van der Waals surface area contributed by atoms with Gasteiger partial charge in [0.1, 0.15) is 0 Å². The normalized spacial score (nSPS) is 23.1. The van der Waals surface area contributed by atoms with Crippen LogP contribution in [0, 0.1) is 17.8 Å². The molecule has 2 unspecified atom stereocenters. The number of nitrogens with one attached hydrogen (secondary N) is 1. The van der Waals surface area contributed by atoms with Gasteiger partial charge < -0.3 is 5.32 Å². The van der Waals surface area contributed by atoms with Gasteiger partial charge in [0.2, 0.25) is 0 Å². The molecular weight excluding hydrogens is 242 g/mol. The standard InChI is InChI=1S/C16H24ClN/c1-12(2)10-18-11-15-7-6-14(15)8-13-4-3-5-16(17)9-13/h3-5,9,12,14-15,18H,6-8,10-11H2,1-2H3. The second kappa shape index (κ2) is 6.58. The van der Waals surface area contributed by atoms with E-state index < -0.39 is 0 Å². The Kier molecular flexibility index (Phi) is 5.08. The summed E-state index contributed by atoms with van der Waals surface area (Å²) < 4.78 is 0. The van der Waals surface area contributed by atoms with Gasteiger partial charge in [-0.2, -0.15) is 0 Å². The molecule has 0 amide bonds. The van der Waals surface area contributed by atoms with Crippen LogP contribution in [-0.4, -0.2) is 13.1 Å². The molecule has 1 aromatic carbocycles. The van der Waals surface area contributed by atoms with Crippen molar-refractivity contribution in [3.63, 3.8) is 0 Å². The maximum Gasteiger partial charge on any atom is 0.0408 e. The van der Waals surface area contributed by atoms with Crippen molar-refractivity contribution in [1.29, 1.82) is 0 Å². The first kappa shape index (κ1) is 13.9. The van der Waals surface area contributed by atoms with Crippen molar-refractivity contribution in [2.75, 3.05) is 13.1 Å². The van der Waals surface area contributed by atoms with Gasteiger partial charge in [-0.1, -0.05) is 37.6 Å². The Morgan fingerprint density at radius 3 is 2.67 bits per heavy atom. The zero-order valence-electron chi connectivity index (χ0n) is 11.5. The maximum absolute atomic E-state index is 6.03. The van der Waals surface area contributed by atoms with E-state index in [4.69, 9.17) is 11.6 Å². The van der Waals surface area contributed by atoms with Crippen LogP contribution in [0.25, 0.3) is 0 Å². The summed E-state index contributed by atoms with van der Waals surface area (Å²) in [6, 6.07) is 8.32. The SMILES string of the molecule is CC(C)CNCC1CCC1Cc1cccc(Cl)c1. The summed E-state index contributed by atoms with van der Waals surface area (Å²) in [4.78, 5) is 0. The predicted molar refractivity (Wildman–Crippen MR) is 79.1 cm³/mol. The average Bonchev–Trinajstić information content (AvgIpc) is 2.30. The fourth-order valence-electron chi connectivity index (χ4n) is 2.70. The molecule has 2 atom stereocenters. The van der Waals surface area contributed by atoms with Gasteiger partial charge in [-0.05, 0) is 67.8 Å². The molecule has 2 rings (SSSR count). The average molecular weight is 266 g/mol. The fraction of sp³-hybridized carbons (Fsp3) is 0.625. The Morgan fingerprint density at radius 2 is 2.06 bits per heavy atom. The van der Waals surface area contributed by atoms with Gasteiger partial charge in [0.15, 0.2) is 0 Å². The minimum Gasteiger partial charge on any atom is -0.316 e. The Bertz CT molecular complexity index is 375. The molecule has 2 heteroatoms. The summed E-state index contributed by atoms with van der Waals surface area (Å²) in [6.45, 7) is 6.85. The monoisotopic (exact) mass is 265 g/mol. The molecule has 1 aliphatic carbocycles. The van der Waals surface area contributed by atoms with Crippen molar-refractivity contribution < 1.29 is 0 Å². The molecule has 0 aromatic heterocycles. The molecule has 100 valence electrons. The summed E-state index contributed by atoms with van der Waals surface area (Å²) in [7, 11) is 0. The van der Waals surface area contributed by atoms with Crippen molar-refractivity contribution in [2.24, 2.45) is 17.8 Å². The van der Waals surface area contributed by atoms with Gasteiger partial charge in [0.25, 0.3) is 0 Å². The van der Waals surface area contributed by atoms with Gasteiger partial charge in [-0.3, -0.25) is 0 Å². The van der Waals surface area contributed by atoms with E-state index in [1.165, 1.54) is 31.4 Å². The van der Waals surface area contributed by atoms with Crippen LogP contribution in [0.2, 0.25) is 5.02 Å². The van der Waals surface area contributed by atoms with Crippen molar-refractivity contribution >= 4 is 11.6 Å². The number of benzene rings is 1. The van der Waals surface area contributed by atoms with Gasteiger partial charge in [-0.25, -0.2) is 0 Å². The number of rotatable bonds is 6. The second-order valence-electron chi connectivity index (χ2n) is 5.98. The Morgan fingerprint density at radius 1 is 1.28 bits per heavy atom. The minimum absolute atomic E-state index is 0.747. The first-order chi connectivity index (χ1) is 8.65. The van der Waals surface area contributed by atoms with Crippen molar-refractivity contribution in [3.05, 3.63) is 34.9 Å². The molecule has 1 aromatic rings. The molecule has 18 heavy (non-hydrogen) atoms. The topological polar surface area (TPSA) is 12.0 Å². The third kappa shape index (κ3) is 4.00. The van der Waals surface area contributed by atoms with Crippen LogP contribution in [0.3, 0.4) is 0 Å². The van der Waals surface area contributed by atoms with Crippen LogP contribution in [0.4, 0.5) is 0 Å². The zero-order valence-corrected chi connectivity index (χ0v) is 12.2. The van der Waals surface area contributed by atoms with Crippen molar-refractivity contribution in [2.45, 2.75) is 33.1 Å². The highest BCUT2D eigenvalue weighted by Gasteiger charge is 2.30. The van der Waals surface area contributed by atoms with Crippen LogP contribution in [0.1, 0.15) is 32.3 Å². The molecule has 1 fully saturated rings. The van der Waals surface area contributed by atoms with E-state index in [1.807, 2.05) is 6.07 Å². The highest BCUT2D eigenvalue weighted by Crippen LogP contribution is 2.36. The first-order valence-electron chi connectivity index (χ1n) is 7.10. The zero-order chi connectivity index (χ0) is 13.0. The third-order valence-electron chi connectivity index (χ3n) is 3.92. The Labute approximate surface area is 116 Å². The van der Waals surface area contributed by atoms with E-state index in [9.17, 15) is 0 Å². The van der Waals surface area contributed by atoms with Crippen LogP contribution in [0.15, 0.2) is 24.3 Å². The fourth-order valence-corrected chi connectivity index (χ4v) is 2.91. The van der Waals surface area contributed by atoms with E-state index in [0.717, 1.165) is 29.3 Å². The molecule has 0 radical (unpaired) electrons. The quantitative estimate of drug-likeness (QED) is 0.815. The van der Waals surface area contributed by atoms with Crippen LogP contribution in [-0.2, 0) is 6.42 Å². The lowest BCUT2D eigenvalue weighted by Gasteiger charge is -2.37. The predicted octanol–water partition coefficient (Wildman–Crippen LogP) is 4.15. The summed E-state index contributed by atoms with van der Waals surface area (Å²) in [5, 5.41) is 4.45. The van der Waals surface area contributed by atoms with Crippen molar-refractivity contribution in [3.8, 4) is 0 Å². The molecule has 0 saturated heterocycles. The molecule has 0 spiro atoms. The summed E-state index contributed by atoms with van der Waals surface area (Å²) in [6.07, 6.45) is 3.95. The Balaban J connectivity index is 1.76. The van der Waals surface area contributed by atoms with Crippen molar-refractivity contribution in [1.82, 2.24) is 5.32 Å². The van der Waals surface area contributed by atoms with Gasteiger partial charge in [0.05, 0.1) is 0 Å². The number of halogens is 1. The van der Waals surface area contributed by atoms with E-state index >= 15 is 0 Å². The molecule has 0 bridgehead atoms. The molecule has 1 N–H and O–H groups in total. The van der Waals surface area contributed by atoms with E-state index in [2.05, 4.69) is 37.4 Å². The van der Waals surface area contributed by atoms with E-state index in [0.29, 0.717) is 0 Å². The highest BCUT2D eigenvalue weighted by molar-refractivity contribution is 6.30. The Hall–Kier alpha value is -0.530. The third-order valence-corrected chi connectivity index (χ3v) is 4.16. The lowest BCUT2D eigenvalue weighted by molar-refractivity contribution is 0.169. The van der Waals surface area contributed by atoms with E-state index in [1.54, 1.807) is 0 Å². The highest BCUT2D eigenvalue weighted by atomic mass is 35.5. The smallest absolute Gasteiger partial charge is 0.0408 e. The summed E-state index contributed by atoms with van der Waals surface area (Å²) >= 11 is 6.03. The lowest BCUT2D eigenvalue weighted by atomic mass is 9.70. The minimum atomic E-state index is 0.747. The molecule has 0 heterocycles. The van der Waals surface area contributed by atoms with Gasteiger partial charge in [0, 0.05) is 5.02 Å². The molecule has 0 aliphatic heterocycles. The summed E-state index contributed by atoms with van der Waals surface area (Å²) in [5.74, 6) is 2.46. The number of hydrogen-bond donors (Lipinski definition) is 1. The van der Waals surface area contributed by atoms with Crippen LogP contribution >= 0.6 is 11.6 Å².